The first-order chi connectivity index (χ1) is 21.4. The number of rotatable bonds is 1. The average Bonchev–Trinajstić information content (AvgIpc) is 3.57. The van der Waals surface area contributed by atoms with Crippen LogP contribution in [0.3, 0.4) is 0 Å². The molecule has 0 radical (unpaired) electrons. The van der Waals surface area contributed by atoms with Crippen molar-refractivity contribution in [2.24, 2.45) is 0 Å². The molecule has 0 N–H and O–H groups in total. The fraction of sp³-hybridized carbons (Fsp3) is 0.143. The third-order valence-electron chi connectivity index (χ3n) is 10.9. The molecule has 44 heavy (non-hydrogen) atoms. The molecule has 0 fully saturated rings. The van der Waals surface area contributed by atoms with Crippen LogP contribution in [0.5, 0.6) is 0 Å². The van der Waals surface area contributed by atoms with Crippen LogP contribution >= 0.6 is 0 Å². The number of para-hydroxylation sites is 4. The molecule has 2 nitrogen and oxygen atoms in total. The fourth-order valence-corrected chi connectivity index (χ4v) is 8.66. The molecule has 210 valence electrons. The van der Waals surface area contributed by atoms with Crippen molar-refractivity contribution in [3.05, 3.63) is 144 Å². The minimum Gasteiger partial charge on any atom is -0.309 e. The topological polar surface area (TPSA) is 9.86 Å². The first-order valence-corrected chi connectivity index (χ1v) is 15.7. The van der Waals surface area contributed by atoms with Crippen LogP contribution in [0.4, 0.5) is 0 Å². The van der Waals surface area contributed by atoms with Gasteiger partial charge >= 0.3 is 0 Å². The lowest BCUT2D eigenvalue weighted by Gasteiger charge is -2.36. The Morgan fingerprint density at radius 1 is 0.386 bits per heavy atom. The van der Waals surface area contributed by atoms with Gasteiger partial charge in [-0.2, -0.15) is 0 Å². The van der Waals surface area contributed by atoms with Gasteiger partial charge in [0.05, 0.1) is 33.4 Å². The Kier molecular flexibility index (Phi) is 4.37. The fourth-order valence-electron chi connectivity index (χ4n) is 8.66. The second kappa shape index (κ2) is 7.89. The smallest absolute Gasteiger partial charge is 0.0582 e. The van der Waals surface area contributed by atoms with Gasteiger partial charge in [0.25, 0.3) is 0 Å². The van der Waals surface area contributed by atoms with Crippen LogP contribution in [0.1, 0.15) is 49.9 Å². The molecule has 0 unspecified atom stereocenters. The molecule has 0 aliphatic carbocycles. The molecule has 2 aliphatic heterocycles. The third-order valence-corrected chi connectivity index (χ3v) is 10.9. The zero-order chi connectivity index (χ0) is 29.5. The Morgan fingerprint density at radius 3 is 1.25 bits per heavy atom. The van der Waals surface area contributed by atoms with Gasteiger partial charge in [0.2, 0.25) is 0 Å². The third kappa shape index (κ3) is 2.78. The Bertz CT molecular complexity index is 2370. The van der Waals surface area contributed by atoms with E-state index in [-0.39, 0.29) is 10.8 Å². The highest BCUT2D eigenvalue weighted by molar-refractivity contribution is 6.12. The highest BCUT2D eigenvalue weighted by atomic mass is 15.0. The molecule has 0 bridgehead atoms. The monoisotopic (exact) mass is 564 g/mol. The number of hydrogen-bond donors (Lipinski definition) is 0. The summed E-state index contributed by atoms with van der Waals surface area (Å²) < 4.78 is 5.00. The van der Waals surface area contributed by atoms with Crippen LogP contribution in [-0.2, 0) is 10.8 Å². The second-order valence-electron chi connectivity index (χ2n) is 13.8. The standard InChI is InChI=1S/C42H32N2/c1-41(2)31-15-9-13-29-27-11-5-7-17-35(27)43(39(29)31)37-21-19-25(23-33(37)41)26-20-22-38-34(24-26)42(3,4)32-16-10-14-30-28-12-6-8-18-36(28)44(38)40(30)32/h5-24H,1-4H3. The number of hydrogen-bond acceptors (Lipinski definition) is 0. The van der Waals surface area contributed by atoms with Crippen molar-refractivity contribution >= 4 is 43.6 Å². The van der Waals surface area contributed by atoms with Crippen LogP contribution in [-0.4, -0.2) is 9.13 Å². The van der Waals surface area contributed by atoms with E-state index >= 15 is 0 Å². The van der Waals surface area contributed by atoms with Gasteiger partial charge in [-0.25, -0.2) is 0 Å². The Balaban J connectivity index is 1.21. The van der Waals surface area contributed by atoms with Crippen LogP contribution < -0.4 is 0 Å². The summed E-state index contributed by atoms with van der Waals surface area (Å²) in [6.45, 7) is 9.56. The number of nitrogens with zero attached hydrogens (tertiary/aromatic N) is 2. The SMILES string of the molecule is CC1(C)c2cc(-c3ccc4c(c3)C(C)(C)c3cccc5c6ccccc6n-4c35)ccc2-n2c3ccccc3c3cccc1c32. The van der Waals surface area contributed by atoms with E-state index in [0.29, 0.717) is 0 Å². The number of benzene rings is 6. The summed E-state index contributed by atoms with van der Waals surface area (Å²) in [5.41, 5.74) is 15.6. The van der Waals surface area contributed by atoms with E-state index in [4.69, 9.17) is 0 Å². The van der Waals surface area contributed by atoms with Crippen LogP contribution in [0.25, 0.3) is 66.1 Å². The predicted molar refractivity (Wildman–Crippen MR) is 185 cm³/mol. The number of aromatic nitrogens is 2. The van der Waals surface area contributed by atoms with E-state index in [2.05, 4.69) is 158 Å². The normalized spacial score (nSPS) is 15.6. The molecular weight excluding hydrogens is 532 g/mol. The van der Waals surface area contributed by atoms with Crippen molar-refractivity contribution in [2.75, 3.05) is 0 Å². The summed E-state index contributed by atoms with van der Waals surface area (Å²) in [7, 11) is 0. The highest BCUT2D eigenvalue weighted by Gasteiger charge is 2.37. The van der Waals surface area contributed by atoms with Gasteiger partial charge in [0.1, 0.15) is 0 Å². The first-order valence-electron chi connectivity index (χ1n) is 15.7. The van der Waals surface area contributed by atoms with Gasteiger partial charge in [-0.3, -0.25) is 0 Å². The molecule has 2 heteroatoms. The van der Waals surface area contributed by atoms with Gasteiger partial charge in [-0.15, -0.1) is 0 Å². The van der Waals surface area contributed by atoms with Crippen molar-refractivity contribution in [2.45, 2.75) is 38.5 Å². The number of fused-ring (bicyclic) bond motifs is 10. The zero-order valence-corrected chi connectivity index (χ0v) is 25.4. The molecule has 2 aliphatic rings. The van der Waals surface area contributed by atoms with E-state index in [1.807, 2.05) is 0 Å². The van der Waals surface area contributed by atoms with Crippen LogP contribution in [0, 0.1) is 0 Å². The molecule has 10 rings (SSSR count). The maximum absolute atomic E-state index is 2.50. The van der Waals surface area contributed by atoms with Gasteiger partial charge in [-0.1, -0.05) is 113 Å². The van der Waals surface area contributed by atoms with Crippen LogP contribution in [0.15, 0.2) is 121 Å². The molecule has 4 heterocycles. The van der Waals surface area contributed by atoms with Gasteiger partial charge in [0, 0.05) is 32.4 Å². The second-order valence-corrected chi connectivity index (χ2v) is 13.8. The molecule has 0 amide bonds. The largest absolute Gasteiger partial charge is 0.309 e. The first kappa shape index (κ1) is 24.4. The quantitative estimate of drug-likeness (QED) is 0.188. The molecular formula is C42H32N2. The Hall–Kier alpha value is -5.08. The summed E-state index contributed by atoms with van der Waals surface area (Å²) in [6, 6.07) is 45.7. The molecule has 2 aromatic heterocycles. The summed E-state index contributed by atoms with van der Waals surface area (Å²) in [4.78, 5) is 0. The minimum absolute atomic E-state index is 0.128. The molecule has 0 spiro atoms. The van der Waals surface area contributed by atoms with E-state index in [1.54, 1.807) is 0 Å². The Labute approximate surface area is 256 Å². The summed E-state index contributed by atoms with van der Waals surface area (Å²) in [5, 5.41) is 5.32. The summed E-state index contributed by atoms with van der Waals surface area (Å²) >= 11 is 0. The summed E-state index contributed by atoms with van der Waals surface area (Å²) in [5.74, 6) is 0. The lowest BCUT2D eigenvalue weighted by atomic mass is 9.73. The highest BCUT2D eigenvalue weighted by Crippen LogP contribution is 2.50. The van der Waals surface area contributed by atoms with Crippen molar-refractivity contribution in [3.8, 4) is 22.5 Å². The van der Waals surface area contributed by atoms with E-state index in [9.17, 15) is 0 Å². The maximum Gasteiger partial charge on any atom is 0.0582 e. The van der Waals surface area contributed by atoms with Gasteiger partial charge in [0.15, 0.2) is 0 Å². The lowest BCUT2D eigenvalue weighted by Crippen LogP contribution is -2.26. The lowest BCUT2D eigenvalue weighted by molar-refractivity contribution is 0.629. The molecule has 0 atom stereocenters. The van der Waals surface area contributed by atoms with Gasteiger partial charge in [-0.05, 0) is 69.8 Å². The van der Waals surface area contributed by atoms with Crippen molar-refractivity contribution < 1.29 is 0 Å². The van der Waals surface area contributed by atoms with Crippen molar-refractivity contribution in [1.29, 1.82) is 0 Å². The van der Waals surface area contributed by atoms with Crippen molar-refractivity contribution in [1.82, 2.24) is 9.13 Å². The molecule has 6 aromatic carbocycles. The molecule has 0 saturated carbocycles. The van der Waals surface area contributed by atoms with Crippen molar-refractivity contribution in [3.63, 3.8) is 0 Å². The maximum atomic E-state index is 2.50. The molecule has 8 aromatic rings. The summed E-state index contributed by atoms with van der Waals surface area (Å²) in [6.07, 6.45) is 0. The van der Waals surface area contributed by atoms with Gasteiger partial charge < -0.3 is 9.13 Å². The predicted octanol–water partition coefficient (Wildman–Crippen LogP) is 10.8. The van der Waals surface area contributed by atoms with Crippen LogP contribution in [0.2, 0.25) is 0 Å². The van der Waals surface area contributed by atoms with E-state index in [1.165, 1.54) is 88.4 Å². The average molecular weight is 565 g/mol. The van der Waals surface area contributed by atoms with E-state index < -0.39 is 0 Å². The zero-order valence-electron chi connectivity index (χ0n) is 25.4. The molecule has 0 saturated heterocycles. The van der Waals surface area contributed by atoms with E-state index in [0.717, 1.165) is 0 Å². The minimum atomic E-state index is -0.128. The Morgan fingerprint density at radius 2 is 0.795 bits per heavy atom.